The Labute approximate surface area is 114 Å². The number of esters is 1. The second-order valence-corrected chi connectivity index (χ2v) is 6.04. The number of nitrogens with two attached hydrogens (primary N) is 1. The lowest BCUT2D eigenvalue weighted by Gasteiger charge is -2.20. The third-order valence-electron chi connectivity index (χ3n) is 3.78. The second-order valence-electron chi connectivity index (χ2n) is 6.04. The van der Waals surface area contributed by atoms with Gasteiger partial charge in [0, 0.05) is 17.4 Å². The Bertz CT molecular complexity index is 483. The quantitative estimate of drug-likeness (QED) is 0.649. The first kappa shape index (κ1) is 13.7. The van der Waals surface area contributed by atoms with Crippen LogP contribution in [-0.2, 0) is 4.74 Å². The van der Waals surface area contributed by atoms with Crippen molar-refractivity contribution >= 4 is 17.3 Å². The lowest BCUT2D eigenvalue weighted by molar-refractivity contribution is 0.0602. The Morgan fingerprint density at radius 2 is 2.21 bits per heavy atom. The Kier molecular flexibility index (Phi) is 3.69. The molecule has 0 radical (unpaired) electrons. The van der Waals surface area contributed by atoms with Crippen LogP contribution >= 0.6 is 0 Å². The normalized spacial score (nSPS) is 21.1. The van der Waals surface area contributed by atoms with Gasteiger partial charge in [-0.3, -0.25) is 0 Å². The Morgan fingerprint density at radius 1 is 1.47 bits per heavy atom. The van der Waals surface area contributed by atoms with Crippen molar-refractivity contribution in [2.45, 2.75) is 39.2 Å². The molecule has 1 saturated carbocycles. The smallest absolute Gasteiger partial charge is 0.340 e. The number of methoxy groups -OCH3 is 1. The zero-order chi connectivity index (χ0) is 14.0. The first-order valence-electron chi connectivity index (χ1n) is 6.66. The van der Waals surface area contributed by atoms with Crippen molar-refractivity contribution in [3.8, 4) is 0 Å². The summed E-state index contributed by atoms with van der Waals surface area (Å²) in [4.78, 5) is 11.8. The molecule has 0 saturated heterocycles. The average Bonchev–Trinajstić information content (AvgIpc) is 2.70. The molecule has 1 aromatic rings. The number of nitrogen functional groups attached to an aromatic ring is 1. The van der Waals surface area contributed by atoms with E-state index < -0.39 is 0 Å². The summed E-state index contributed by atoms with van der Waals surface area (Å²) < 4.78 is 4.80. The number of carbonyl (C=O) groups is 1. The molecular formula is C15H22N2O2. The van der Waals surface area contributed by atoms with Crippen LogP contribution in [0.2, 0.25) is 0 Å². The summed E-state index contributed by atoms with van der Waals surface area (Å²) in [6.45, 7) is 4.55. The van der Waals surface area contributed by atoms with Gasteiger partial charge in [0.1, 0.15) is 0 Å². The third-order valence-corrected chi connectivity index (χ3v) is 3.78. The van der Waals surface area contributed by atoms with E-state index >= 15 is 0 Å². The Balaban J connectivity index is 2.18. The molecule has 1 atom stereocenters. The van der Waals surface area contributed by atoms with E-state index in [1.165, 1.54) is 13.5 Å². The zero-order valence-corrected chi connectivity index (χ0v) is 11.8. The van der Waals surface area contributed by atoms with Gasteiger partial charge in [0.05, 0.1) is 12.7 Å². The van der Waals surface area contributed by atoms with Crippen LogP contribution in [0.5, 0.6) is 0 Å². The summed E-state index contributed by atoms with van der Waals surface area (Å²) in [5.74, 6) is -0.355. The highest BCUT2D eigenvalue weighted by Crippen LogP contribution is 2.38. The summed E-state index contributed by atoms with van der Waals surface area (Å²) in [5, 5.41) is 3.45. The van der Waals surface area contributed by atoms with Crippen LogP contribution in [0.25, 0.3) is 0 Å². The van der Waals surface area contributed by atoms with Gasteiger partial charge in [0.15, 0.2) is 0 Å². The molecule has 0 bridgehead atoms. The van der Waals surface area contributed by atoms with Crippen molar-refractivity contribution < 1.29 is 9.53 Å². The van der Waals surface area contributed by atoms with Crippen LogP contribution in [0.1, 0.15) is 43.5 Å². The van der Waals surface area contributed by atoms with Crippen LogP contribution in [0.4, 0.5) is 11.4 Å². The number of benzene rings is 1. The highest BCUT2D eigenvalue weighted by atomic mass is 16.5. The first-order valence-corrected chi connectivity index (χ1v) is 6.66. The van der Waals surface area contributed by atoms with Gasteiger partial charge < -0.3 is 15.8 Å². The van der Waals surface area contributed by atoms with Crippen LogP contribution in [0.3, 0.4) is 0 Å². The van der Waals surface area contributed by atoms with Crippen LogP contribution in [0.15, 0.2) is 18.2 Å². The molecular weight excluding hydrogens is 240 g/mol. The highest BCUT2D eigenvalue weighted by Gasteiger charge is 2.31. The zero-order valence-electron chi connectivity index (χ0n) is 11.8. The summed E-state index contributed by atoms with van der Waals surface area (Å²) in [6.07, 6.45) is 3.43. The standard InChI is InChI=1S/C15H22N2O2/c1-15(2)7-6-11(9-15)17-13-5-4-10(16)8-12(13)14(18)19-3/h4-5,8,11,17H,6-7,9,16H2,1-3H3. The van der Waals surface area contributed by atoms with Gasteiger partial charge >= 0.3 is 5.97 Å². The van der Waals surface area contributed by atoms with Gasteiger partial charge in [-0.2, -0.15) is 0 Å². The van der Waals surface area contributed by atoms with Crippen molar-refractivity contribution in [2.75, 3.05) is 18.2 Å². The van der Waals surface area contributed by atoms with E-state index in [1.54, 1.807) is 12.1 Å². The van der Waals surface area contributed by atoms with Gasteiger partial charge in [-0.1, -0.05) is 13.8 Å². The minimum atomic E-state index is -0.355. The van der Waals surface area contributed by atoms with Gasteiger partial charge in [-0.15, -0.1) is 0 Å². The number of hydrogen-bond donors (Lipinski definition) is 2. The number of hydrogen-bond acceptors (Lipinski definition) is 4. The summed E-state index contributed by atoms with van der Waals surface area (Å²) in [6, 6.07) is 5.72. The highest BCUT2D eigenvalue weighted by molar-refractivity contribution is 5.96. The van der Waals surface area contributed by atoms with Gasteiger partial charge in [-0.05, 0) is 42.9 Å². The fourth-order valence-electron chi connectivity index (χ4n) is 2.75. The summed E-state index contributed by atoms with van der Waals surface area (Å²) in [5.41, 5.74) is 7.99. The molecule has 19 heavy (non-hydrogen) atoms. The summed E-state index contributed by atoms with van der Waals surface area (Å²) >= 11 is 0. The molecule has 104 valence electrons. The fraction of sp³-hybridized carbons (Fsp3) is 0.533. The van der Waals surface area contributed by atoms with E-state index in [2.05, 4.69) is 19.2 Å². The van der Waals surface area contributed by atoms with Crippen molar-refractivity contribution in [3.63, 3.8) is 0 Å². The Hall–Kier alpha value is -1.71. The van der Waals surface area contributed by atoms with Gasteiger partial charge in [0.2, 0.25) is 0 Å². The number of anilines is 2. The van der Waals surface area contributed by atoms with E-state index in [9.17, 15) is 4.79 Å². The molecule has 0 amide bonds. The molecule has 0 aromatic heterocycles. The van der Waals surface area contributed by atoms with E-state index in [0.717, 1.165) is 18.5 Å². The predicted octanol–water partition coefficient (Wildman–Crippen LogP) is 3.05. The molecule has 1 fully saturated rings. The maximum Gasteiger partial charge on any atom is 0.340 e. The number of carbonyl (C=O) groups excluding carboxylic acids is 1. The minimum absolute atomic E-state index is 0.355. The first-order chi connectivity index (χ1) is 8.91. The largest absolute Gasteiger partial charge is 0.465 e. The fourth-order valence-corrected chi connectivity index (χ4v) is 2.75. The van der Waals surface area contributed by atoms with Crippen molar-refractivity contribution in [1.29, 1.82) is 0 Å². The number of rotatable bonds is 3. The van der Waals surface area contributed by atoms with Crippen LogP contribution in [-0.4, -0.2) is 19.1 Å². The van der Waals surface area contributed by atoms with Gasteiger partial charge in [0.25, 0.3) is 0 Å². The van der Waals surface area contributed by atoms with E-state index in [0.29, 0.717) is 22.7 Å². The molecule has 0 spiro atoms. The molecule has 3 N–H and O–H groups in total. The minimum Gasteiger partial charge on any atom is -0.465 e. The molecule has 0 heterocycles. The van der Waals surface area contributed by atoms with Crippen LogP contribution < -0.4 is 11.1 Å². The second kappa shape index (κ2) is 5.11. The number of ether oxygens (including phenoxy) is 1. The molecule has 1 aliphatic rings. The van der Waals surface area contributed by atoms with Crippen molar-refractivity contribution in [3.05, 3.63) is 23.8 Å². The molecule has 1 unspecified atom stereocenters. The van der Waals surface area contributed by atoms with Crippen molar-refractivity contribution in [1.82, 2.24) is 0 Å². The summed E-state index contributed by atoms with van der Waals surface area (Å²) in [7, 11) is 1.38. The van der Waals surface area contributed by atoms with E-state index in [-0.39, 0.29) is 5.97 Å². The average molecular weight is 262 g/mol. The van der Waals surface area contributed by atoms with Crippen molar-refractivity contribution in [2.24, 2.45) is 5.41 Å². The molecule has 0 aliphatic heterocycles. The molecule has 1 aromatic carbocycles. The lowest BCUT2D eigenvalue weighted by Crippen LogP contribution is -2.19. The third kappa shape index (κ3) is 3.19. The maximum absolute atomic E-state index is 11.8. The van der Waals surface area contributed by atoms with E-state index in [4.69, 9.17) is 10.5 Å². The molecule has 1 aliphatic carbocycles. The predicted molar refractivity (Wildman–Crippen MR) is 77.2 cm³/mol. The molecule has 2 rings (SSSR count). The van der Waals surface area contributed by atoms with Crippen LogP contribution in [0, 0.1) is 5.41 Å². The maximum atomic E-state index is 11.8. The monoisotopic (exact) mass is 262 g/mol. The topological polar surface area (TPSA) is 64.3 Å². The Morgan fingerprint density at radius 3 is 2.79 bits per heavy atom. The SMILES string of the molecule is COC(=O)c1cc(N)ccc1NC1CCC(C)(C)C1. The molecule has 4 heteroatoms. The van der Waals surface area contributed by atoms with Gasteiger partial charge in [-0.25, -0.2) is 4.79 Å². The molecule has 4 nitrogen and oxygen atoms in total. The number of nitrogens with one attached hydrogen (secondary N) is 1. The van der Waals surface area contributed by atoms with E-state index in [1.807, 2.05) is 6.07 Å². The lowest BCUT2D eigenvalue weighted by atomic mass is 9.92.